The first-order valence-electron chi connectivity index (χ1n) is 8.81. The molecule has 0 spiro atoms. The number of carbonyl (C=O) groups excluding carboxylic acids is 1. The predicted octanol–water partition coefficient (Wildman–Crippen LogP) is 2.62. The molecule has 0 saturated carbocycles. The average molecular weight is 372 g/mol. The second-order valence-corrected chi connectivity index (χ2v) is 8.75. The van der Waals surface area contributed by atoms with Crippen molar-refractivity contribution in [3.05, 3.63) is 65.2 Å². The first-order valence-corrected chi connectivity index (χ1v) is 10.7. The number of sulfone groups is 1. The maximum atomic E-state index is 12.4. The van der Waals surface area contributed by atoms with Crippen LogP contribution in [0.15, 0.2) is 53.4 Å². The van der Waals surface area contributed by atoms with Crippen LogP contribution < -0.4 is 5.32 Å². The Morgan fingerprint density at radius 2 is 1.62 bits per heavy atom. The maximum absolute atomic E-state index is 12.4. The predicted molar refractivity (Wildman–Crippen MR) is 102 cm³/mol. The van der Waals surface area contributed by atoms with E-state index in [1.165, 1.54) is 30.5 Å². The van der Waals surface area contributed by atoms with E-state index < -0.39 is 9.84 Å². The monoisotopic (exact) mass is 372 g/mol. The molecule has 0 aliphatic carbocycles. The van der Waals surface area contributed by atoms with Crippen LogP contribution >= 0.6 is 0 Å². The van der Waals surface area contributed by atoms with E-state index in [4.69, 9.17) is 0 Å². The highest BCUT2D eigenvalue weighted by Gasteiger charge is 2.14. The van der Waals surface area contributed by atoms with Crippen LogP contribution in [0, 0.1) is 0 Å². The Hall–Kier alpha value is -2.18. The smallest absolute Gasteiger partial charge is 0.251 e. The number of hydrogen-bond donors (Lipinski definition) is 1. The van der Waals surface area contributed by atoms with Crippen molar-refractivity contribution in [2.24, 2.45) is 0 Å². The summed E-state index contributed by atoms with van der Waals surface area (Å²) in [6.45, 7) is 3.63. The minimum absolute atomic E-state index is 0.207. The fraction of sp³-hybridized carbons (Fsp3) is 0.350. The molecule has 2 aromatic carbocycles. The third-order valence-electron chi connectivity index (χ3n) is 4.70. The summed E-state index contributed by atoms with van der Waals surface area (Å²) in [6.07, 6.45) is 3.66. The van der Waals surface area contributed by atoms with Gasteiger partial charge in [-0.3, -0.25) is 9.69 Å². The number of nitrogens with zero attached hydrogens (tertiary/aromatic N) is 1. The second-order valence-electron chi connectivity index (χ2n) is 6.73. The molecule has 0 radical (unpaired) electrons. The average Bonchev–Trinajstić information content (AvgIpc) is 3.13. The van der Waals surface area contributed by atoms with Gasteiger partial charge in [0.05, 0.1) is 4.90 Å². The van der Waals surface area contributed by atoms with Gasteiger partial charge in [0, 0.05) is 24.9 Å². The fourth-order valence-electron chi connectivity index (χ4n) is 3.20. The normalized spacial score (nSPS) is 15.1. The molecule has 138 valence electrons. The summed E-state index contributed by atoms with van der Waals surface area (Å²) in [5, 5.41) is 2.93. The Labute approximate surface area is 154 Å². The van der Waals surface area contributed by atoms with Crippen molar-refractivity contribution in [2.75, 3.05) is 19.3 Å². The fourth-order valence-corrected chi connectivity index (χ4v) is 3.83. The third-order valence-corrected chi connectivity index (χ3v) is 5.82. The molecule has 5 nitrogen and oxygen atoms in total. The molecule has 0 aromatic heterocycles. The highest BCUT2D eigenvalue weighted by atomic mass is 32.2. The number of amides is 1. The van der Waals surface area contributed by atoms with Gasteiger partial charge in [-0.1, -0.05) is 24.3 Å². The highest BCUT2D eigenvalue weighted by Crippen LogP contribution is 2.16. The lowest BCUT2D eigenvalue weighted by molar-refractivity contribution is 0.0950. The molecular weight excluding hydrogens is 348 g/mol. The van der Waals surface area contributed by atoms with Gasteiger partial charge in [0.15, 0.2) is 9.84 Å². The van der Waals surface area contributed by atoms with E-state index in [1.807, 2.05) is 18.2 Å². The first kappa shape index (κ1) is 18.6. The Bertz CT molecular complexity index is 870. The third kappa shape index (κ3) is 4.71. The Balaban J connectivity index is 1.64. The molecule has 3 rings (SSSR count). The van der Waals surface area contributed by atoms with Crippen LogP contribution in [0.1, 0.15) is 34.3 Å². The van der Waals surface area contributed by atoms with E-state index in [1.54, 1.807) is 12.1 Å². The second kappa shape index (κ2) is 8.01. The van der Waals surface area contributed by atoms with Crippen LogP contribution in [0.5, 0.6) is 0 Å². The number of carbonyl (C=O) groups is 1. The summed E-state index contributed by atoms with van der Waals surface area (Å²) in [5.41, 5.74) is 2.80. The van der Waals surface area contributed by atoms with Crippen LogP contribution in [0.25, 0.3) is 0 Å². The van der Waals surface area contributed by atoms with E-state index in [0.29, 0.717) is 12.1 Å². The standard InChI is InChI=1S/C20H24N2O3S/c1-26(24,25)19-10-8-16(9-11-19)20(23)21-14-17-6-2-3-7-18(17)15-22-12-4-5-13-22/h2-3,6-11H,4-5,12-15H2,1H3,(H,21,23). The zero-order chi connectivity index (χ0) is 18.6. The van der Waals surface area contributed by atoms with Crippen molar-refractivity contribution >= 4 is 15.7 Å². The minimum Gasteiger partial charge on any atom is -0.348 e. The van der Waals surface area contributed by atoms with Gasteiger partial charge in [-0.15, -0.1) is 0 Å². The molecular formula is C20H24N2O3S. The number of rotatable bonds is 6. The summed E-state index contributed by atoms with van der Waals surface area (Å²) >= 11 is 0. The molecule has 0 atom stereocenters. The molecule has 1 saturated heterocycles. The number of benzene rings is 2. The van der Waals surface area contributed by atoms with Crippen LogP contribution in [0.3, 0.4) is 0 Å². The molecule has 2 aromatic rings. The van der Waals surface area contributed by atoms with Gasteiger partial charge < -0.3 is 5.32 Å². The molecule has 1 fully saturated rings. The molecule has 1 amide bonds. The maximum Gasteiger partial charge on any atom is 0.251 e. The van der Waals surface area contributed by atoms with Gasteiger partial charge in [-0.2, -0.15) is 0 Å². The van der Waals surface area contributed by atoms with E-state index in [-0.39, 0.29) is 10.8 Å². The van der Waals surface area contributed by atoms with Gasteiger partial charge >= 0.3 is 0 Å². The van der Waals surface area contributed by atoms with Gasteiger partial charge in [0.25, 0.3) is 5.91 Å². The van der Waals surface area contributed by atoms with E-state index in [0.717, 1.165) is 31.5 Å². The van der Waals surface area contributed by atoms with Crippen molar-refractivity contribution in [3.63, 3.8) is 0 Å². The number of nitrogens with one attached hydrogen (secondary N) is 1. The lowest BCUT2D eigenvalue weighted by Gasteiger charge is -2.17. The lowest BCUT2D eigenvalue weighted by Crippen LogP contribution is -2.25. The molecule has 26 heavy (non-hydrogen) atoms. The lowest BCUT2D eigenvalue weighted by atomic mass is 10.1. The van der Waals surface area contributed by atoms with E-state index >= 15 is 0 Å². The van der Waals surface area contributed by atoms with Crippen LogP contribution in [0.2, 0.25) is 0 Å². The molecule has 1 N–H and O–H groups in total. The molecule has 0 unspecified atom stereocenters. The van der Waals surface area contributed by atoms with Gasteiger partial charge in [0.2, 0.25) is 0 Å². The summed E-state index contributed by atoms with van der Waals surface area (Å²) in [7, 11) is -3.25. The zero-order valence-corrected chi connectivity index (χ0v) is 15.8. The first-order chi connectivity index (χ1) is 12.4. The molecule has 1 heterocycles. The zero-order valence-electron chi connectivity index (χ0n) is 14.9. The van der Waals surface area contributed by atoms with E-state index in [9.17, 15) is 13.2 Å². The quantitative estimate of drug-likeness (QED) is 0.846. The summed E-state index contributed by atoms with van der Waals surface area (Å²) < 4.78 is 23.0. The van der Waals surface area contributed by atoms with Crippen LogP contribution in [0.4, 0.5) is 0 Å². The SMILES string of the molecule is CS(=O)(=O)c1ccc(C(=O)NCc2ccccc2CN2CCCC2)cc1. The Morgan fingerprint density at radius 3 is 2.23 bits per heavy atom. The van der Waals surface area contributed by atoms with E-state index in [2.05, 4.69) is 16.3 Å². The summed E-state index contributed by atoms with van der Waals surface area (Å²) in [6, 6.07) is 14.2. The van der Waals surface area contributed by atoms with Crippen molar-refractivity contribution in [1.29, 1.82) is 0 Å². The van der Waals surface area contributed by atoms with Crippen LogP contribution in [-0.4, -0.2) is 38.6 Å². The van der Waals surface area contributed by atoms with Crippen molar-refractivity contribution in [1.82, 2.24) is 10.2 Å². The van der Waals surface area contributed by atoms with Gasteiger partial charge in [-0.05, 0) is 61.3 Å². The van der Waals surface area contributed by atoms with Crippen LogP contribution in [-0.2, 0) is 22.9 Å². The minimum atomic E-state index is -3.25. The molecule has 6 heteroatoms. The largest absolute Gasteiger partial charge is 0.348 e. The van der Waals surface area contributed by atoms with Gasteiger partial charge in [-0.25, -0.2) is 8.42 Å². The number of hydrogen-bond acceptors (Lipinski definition) is 4. The highest BCUT2D eigenvalue weighted by molar-refractivity contribution is 7.90. The summed E-state index contributed by atoms with van der Waals surface area (Å²) in [4.78, 5) is 15.0. The summed E-state index contributed by atoms with van der Waals surface area (Å²) in [5.74, 6) is -0.207. The molecule has 0 bridgehead atoms. The van der Waals surface area contributed by atoms with Crippen molar-refractivity contribution in [2.45, 2.75) is 30.8 Å². The molecule has 1 aliphatic rings. The molecule has 1 aliphatic heterocycles. The number of likely N-dealkylation sites (tertiary alicyclic amines) is 1. The van der Waals surface area contributed by atoms with Crippen molar-refractivity contribution < 1.29 is 13.2 Å². The van der Waals surface area contributed by atoms with Crippen molar-refractivity contribution in [3.8, 4) is 0 Å². The Morgan fingerprint density at radius 1 is 1.00 bits per heavy atom. The Kier molecular flexibility index (Phi) is 5.74. The van der Waals surface area contributed by atoms with Gasteiger partial charge in [0.1, 0.15) is 0 Å². The topological polar surface area (TPSA) is 66.5 Å².